The SMILES string of the molecule is CC1(CCO)OCc2ccccc2O1. The third kappa shape index (κ3) is 1.74. The Morgan fingerprint density at radius 3 is 3.00 bits per heavy atom. The molecular formula is C11H14O3. The van der Waals surface area contributed by atoms with Gasteiger partial charge in [-0.15, -0.1) is 0 Å². The summed E-state index contributed by atoms with van der Waals surface area (Å²) in [5.41, 5.74) is 1.06. The van der Waals surface area contributed by atoms with Gasteiger partial charge in [0.2, 0.25) is 5.79 Å². The van der Waals surface area contributed by atoms with E-state index in [1.165, 1.54) is 0 Å². The maximum Gasteiger partial charge on any atom is 0.210 e. The van der Waals surface area contributed by atoms with Crippen molar-refractivity contribution in [2.75, 3.05) is 6.61 Å². The highest BCUT2D eigenvalue weighted by Crippen LogP contribution is 2.32. The zero-order valence-corrected chi connectivity index (χ0v) is 8.19. The van der Waals surface area contributed by atoms with Crippen LogP contribution in [0.25, 0.3) is 0 Å². The third-order valence-electron chi connectivity index (χ3n) is 2.40. The van der Waals surface area contributed by atoms with Gasteiger partial charge in [0.05, 0.1) is 6.61 Å². The molecule has 0 saturated carbocycles. The monoisotopic (exact) mass is 194 g/mol. The lowest BCUT2D eigenvalue weighted by Crippen LogP contribution is -2.39. The maximum atomic E-state index is 8.87. The summed E-state index contributed by atoms with van der Waals surface area (Å²) in [6, 6.07) is 7.80. The number of aliphatic hydroxyl groups is 1. The Hall–Kier alpha value is -1.06. The molecule has 3 nitrogen and oxygen atoms in total. The first kappa shape index (κ1) is 9.49. The molecule has 14 heavy (non-hydrogen) atoms. The largest absolute Gasteiger partial charge is 0.462 e. The van der Waals surface area contributed by atoms with E-state index < -0.39 is 5.79 Å². The van der Waals surface area contributed by atoms with Crippen LogP contribution in [0.4, 0.5) is 0 Å². The molecule has 1 aliphatic rings. The summed E-state index contributed by atoms with van der Waals surface area (Å²) in [6.07, 6.45) is 0.487. The predicted molar refractivity (Wildman–Crippen MR) is 52.0 cm³/mol. The predicted octanol–water partition coefficient (Wildman–Crippen LogP) is 1.69. The topological polar surface area (TPSA) is 38.7 Å². The minimum atomic E-state index is -0.677. The molecule has 1 aromatic carbocycles. The second-order valence-electron chi connectivity index (χ2n) is 3.61. The molecule has 0 aliphatic carbocycles. The first-order chi connectivity index (χ1) is 6.73. The molecule has 1 aliphatic heterocycles. The zero-order valence-electron chi connectivity index (χ0n) is 8.19. The molecule has 0 radical (unpaired) electrons. The Morgan fingerprint density at radius 1 is 1.43 bits per heavy atom. The lowest BCUT2D eigenvalue weighted by atomic mass is 10.1. The standard InChI is InChI=1S/C11H14O3/c1-11(6-7-12)13-8-9-4-2-3-5-10(9)14-11/h2-5,12H,6-8H2,1H3. The smallest absolute Gasteiger partial charge is 0.210 e. The Bertz CT molecular complexity index is 324. The molecule has 0 bridgehead atoms. The van der Waals surface area contributed by atoms with Gasteiger partial charge in [0.15, 0.2) is 0 Å². The highest BCUT2D eigenvalue weighted by molar-refractivity contribution is 5.34. The van der Waals surface area contributed by atoms with Crippen LogP contribution in [-0.4, -0.2) is 17.5 Å². The van der Waals surface area contributed by atoms with E-state index in [1.54, 1.807) is 0 Å². The molecule has 76 valence electrons. The van der Waals surface area contributed by atoms with Crippen molar-refractivity contribution in [3.8, 4) is 5.75 Å². The molecule has 0 fully saturated rings. The van der Waals surface area contributed by atoms with Gasteiger partial charge in [0.25, 0.3) is 0 Å². The van der Waals surface area contributed by atoms with Crippen LogP contribution in [0.5, 0.6) is 5.75 Å². The summed E-state index contributed by atoms with van der Waals surface area (Å²) < 4.78 is 11.2. The summed E-state index contributed by atoms with van der Waals surface area (Å²) in [4.78, 5) is 0. The van der Waals surface area contributed by atoms with E-state index in [1.807, 2.05) is 31.2 Å². The first-order valence-electron chi connectivity index (χ1n) is 4.75. The van der Waals surface area contributed by atoms with Crippen LogP contribution in [0.15, 0.2) is 24.3 Å². The van der Waals surface area contributed by atoms with Crippen molar-refractivity contribution in [1.82, 2.24) is 0 Å². The number of para-hydroxylation sites is 1. The van der Waals surface area contributed by atoms with Crippen molar-refractivity contribution in [3.05, 3.63) is 29.8 Å². The van der Waals surface area contributed by atoms with Gasteiger partial charge in [-0.05, 0) is 6.07 Å². The Kier molecular flexibility index (Phi) is 2.44. The van der Waals surface area contributed by atoms with Crippen LogP contribution in [0.1, 0.15) is 18.9 Å². The van der Waals surface area contributed by atoms with Gasteiger partial charge in [0.1, 0.15) is 5.75 Å². The highest BCUT2D eigenvalue weighted by atomic mass is 16.7. The molecule has 1 N–H and O–H groups in total. The van der Waals surface area contributed by atoms with Gasteiger partial charge < -0.3 is 14.6 Å². The molecule has 0 spiro atoms. The highest BCUT2D eigenvalue weighted by Gasteiger charge is 2.31. The fourth-order valence-electron chi connectivity index (χ4n) is 1.54. The second-order valence-corrected chi connectivity index (χ2v) is 3.61. The number of hydrogen-bond donors (Lipinski definition) is 1. The summed E-state index contributed by atoms with van der Waals surface area (Å²) in [5.74, 6) is 0.179. The number of ether oxygens (including phenoxy) is 2. The van der Waals surface area contributed by atoms with Crippen LogP contribution >= 0.6 is 0 Å². The summed E-state index contributed by atoms with van der Waals surface area (Å²) in [6.45, 7) is 2.46. The van der Waals surface area contributed by atoms with Gasteiger partial charge in [-0.2, -0.15) is 0 Å². The van der Waals surface area contributed by atoms with Crippen molar-refractivity contribution in [3.63, 3.8) is 0 Å². The molecule has 1 atom stereocenters. The van der Waals surface area contributed by atoms with Gasteiger partial charge >= 0.3 is 0 Å². The Balaban J connectivity index is 2.20. The van der Waals surface area contributed by atoms with Gasteiger partial charge in [-0.25, -0.2) is 0 Å². The normalized spacial score (nSPS) is 25.3. The molecule has 1 heterocycles. The van der Waals surface area contributed by atoms with Crippen molar-refractivity contribution in [2.45, 2.75) is 25.7 Å². The van der Waals surface area contributed by atoms with E-state index in [2.05, 4.69) is 0 Å². The number of fused-ring (bicyclic) bond motifs is 1. The average Bonchev–Trinajstić information content (AvgIpc) is 2.17. The number of benzene rings is 1. The molecule has 0 saturated heterocycles. The lowest BCUT2D eigenvalue weighted by Gasteiger charge is -2.35. The number of rotatable bonds is 2. The quantitative estimate of drug-likeness (QED) is 0.778. The molecular weight excluding hydrogens is 180 g/mol. The zero-order chi connectivity index (χ0) is 10.0. The van der Waals surface area contributed by atoms with Gasteiger partial charge in [-0.1, -0.05) is 18.2 Å². The van der Waals surface area contributed by atoms with Crippen LogP contribution < -0.4 is 4.74 Å². The van der Waals surface area contributed by atoms with E-state index in [0.717, 1.165) is 11.3 Å². The second kappa shape index (κ2) is 3.59. The van der Waals surface area contributed by atoms with Crippen molar-refractivity contribution >= 4 is 0 Å². The van der Waals surface area contributed by atoms with Crippen molar-refractivity contribution in [2.24, 2.45) is 0 Å². The van der Waals surface area contributed by atoms with E-state index >= 15 is 0 Å². The number of hydrogen-bond acceptors (Lipinski definition) is 3. The molecule has 0 amide bonds. The minimum absolute atomic E-state index is 0.0681. The molecule has 3 heteroatoms. The Morgan fingerprint density at radius 2 is 2.21 bits per heavy atom. The van der Waals surface area contributed by atoms with E-state index in [-0.39, 0.29) is 6.61 Å². The summed E-state index contributed by atoms with van der Waals surface area (Å²) in [7, 11) is 0. The molecule has 2 rings (SSSR count). The van der Waals surface area contributed by atoms with Crippen LogP contribution in [-0.2, 0) is 11.3 Å². The van der Waals surface area contributed by atoms with E-state index in [4.69, 9.17) is 14.6 Å². The van der Waals surface area contributed by atoms with Crippen LogP contribution in [0.3, 0.4) is 0 Å². The van der Waals surface area contributed by atoms with Gasteiger partial charge in [-0.3, -0.25) is 0 Å². The van der Waals surface area contributed by atoms with Crippen LogP contribution in [0, 0.1) is 0 Å². The van der Waals surface area contributed by atoms with E-state index in [9.17, 15) is 0 Å². The number of aliphatic hydroxyl groups excluding tert-OH is 1. The summed E-state index contributed by atoms with van der Waals surface area (Å²) in [5, 5.41) is 8.87. The first-order valence-corrected chi connectivity index (χ1v) is 4.75. The van der Waals surface area contributed by atoms with Crippen molar-refractivity contribution < 1.29 is 14.6 Å². The van der Waals surface area contributed by atoms with Gasteiger partial charge in [0, 0.05) is 25.5 Å². The fraction of sp³-hybridized carbons (Fsp3) is 0.455. The third-order valence-corrected chi connectivity index (χ3v) is 2.40. The summed E-state index contributed by atoms with van der Waals surface area (Å²) >= 11 is 0. The molecule has 1 unspecified atom stereocenters. The molecule has 1 aromatic rings. The molecule has 0 aromatic heterocycles. The minimum Gasteiger partial charge on any atom is -0.462 e. The van der Waals surface area contributed by atoms with Crippen molar-refractivity contribution in [1.29, 1.82) is 0 Å². The lowest BCUT2D eigenvalue weighted by molar-refractivity contribution is -0.201. The Labute approximate surface area is 83.3 Å². The van der Waals surface area contributed by atoms with Crippen LogP contribution in [0.2, 0.25) is 0 Å². The fourth-order valence-corrected chi connectivity index (χ4v) is 1.54. The maximum absolute atomic E-state index is 8.87. The van der Waals surface area contributed by atoms with E-state index in [0.29, 0.717) is 13.0 Å². The average molecular weight is 194 g/mol.